The van der Waals surface area contributed by atoms with E-state index in [9.17, 15) is 5.11 Å². The highest BCUT2D eigenvalue weighted by Gasteiger charge is 2.08. The Balaban J connectivity index is 1.73. The molecule has 0 aliphatic rings. The first-order valence-electron chi connectivity index (χ1n) is 7.75. The molecule has 0 aliphatic heterocycles. The molecule has 118 valence electrons. The van der Waals surface area contributed by atoms with Gasteiger partial charge in [-0.3, -0.25) is 0 Å². The number of ether oxygens (including phenoxy) is 1. The second-order valence-corrected chi connectivity index (χ2v) is 5.71. The first kappa shape index (κ1) is 16.5. The zero-order chi connectivity index (χ0) is 15.8. The molecule has 0 saturated carbocycles. The lowest BCUT2D eigenvalue weighted by Gasteiger charge is -2.17. The highest BCUT2D eigenvalue weighted by atomic mass is 16.5. The molecule has 2 atom stereocenters. The van der Waals surface area contributed by atoms with E-state index in [0.717, 1.165) is 12.2 Å². The van der Waals surface area contributed by atoms with Crippen LogP contribution in [0.15, 0.2) is 54.6 Å². The summed E-state index contributed by atoms with van der Waals surface area (Å²) in [6.45, 7) is 2.74. The summed E-state index contributed by atoms with van der Waals surface area (Å²) in [5, 5.41) is 13.5. The zero-order valence-electron chi connectivity index (χ0n) is 13.3. The van der Waals surface area contributed by atoms with E-state index in [2.05, 4.69) is 24.4 Å². The quantitative estimate of drug-likeness (QED) is 0.787. The third kappa shape index (κ3) is 5.51. The number of nitrogens with one attached hydrogen (secondary N) is 1. The van der Waals surface area contributed by atoms with Crippen LogP contribution in [0.2, 0.25) is 0 Å². The van der Waals surface area contributed by atoms with E-state index in [1.807, 2.05) is 42.5 Å². The summed E-state index contributed by atoms with van der Waals surface area (Å²) in [6.07, 6.45) is 1.26. The Hall–Kier alpha value is -1.84. The van der Waals surface area contributed by atoms with Crippen LogP contribution >= 0.6 is 0 Å². The Morgan fingerprint density at radius 3 is 2.23 bits per heavy atom. The molecule has 2 unspecified atom stereocenters. The van der Waals surface area contributed by atoms with Crippen LogP contribution < -0.4 is 10.1 Å². The molecule has 3 nitrogen and oxygen atoms in total. The van der Waals surface area contributed by atoms with Gasteiger partial charge in [0.1, 0.15) is 5.75 Å². The molecule has 0 spiro atoms. The Labute approximate surface area is 133 Å². The van der Waals surface area contributed by atoms with Gasteiger partial charge in [-0.1, -0.05) is 42.5 Å². The Morgan fingerprint density at radius 1 is 0.955 bits per heavy atom. The van der Waals surface area contributed by atoms with Gasteiger partial charge < -0.3 is 15.2 Å². The van der Waals surface area contributed by atoms with Gasteiger partial charge in [-0.15, -0.1) is 0 Å². The van der Waals surface area contributed by atoms with E-state index in [4.69, 9.17) is 4.74 Å². The summed E-state index contributed by atoms with van der Waals surface area (Å²) >= 11 is 0. The van der Waals surface area contributed by atoms with Crippen molar-refractivity contribution in [3.8, 4) is 5.75 Å². The summed E-state index contributed by atoms with van der Waals surface area (Å²) in [5.41, 5.74) is 2.43. The van der Waals surface area contributed by atoms with Crippen molar-refractivity contribution in [2.45, 2.75) is 31.9 Å². The summed E-state index contributed by atoms with van der Waals surface area (Å²) in [4.78, 5) is 0. The molecule has 22 heavy (non-hydrogen) atoms. The standard InChI is InChI=1S/C19H25NO2/c1-15(12-17-8-10-19(22-2)11-9-17)20-14-18(21)13-16-6-4-3-5-7-16/h3-11,15,18,20-21H,12-14H2,1-2H3. The molecular formula is C19H25NO2. The summed E-state index contributed by atoms with van der Waals surface area (Å²) in [5.74, 6) is 0.877. The average Bonchev–Trinajstić information content (AvgIpc) is 2.55. The topological polar surface area (TPSA) is 41.5 Å². The highest BCUT2D eigenvalue weighted by Crippen LogP contribution is 2.12. The minimum absolute atomic E-state index is 0.318. The molecule has 0 radical (unpaired) electrons. The number of rotatable bonds is 8. The number of aliphatic hydroxyl groups excluding tert-OH is 1. The highest BCUT2D eigenvalue weighted by molar-refractivity contribution is 5.27. The molecule has 0 fully saturated rings. The maximum absolute atomic E-state index is 10.1. The molecule has 3 heteroatoms. The van der Waals surface area contributed by atoms with E-state index < -0.39 is 0 Å². The van der Waals surface area contributed by atoms with Crippen molar-refractivity contribution in [3.63, 3.8) is 0 Å². The predicted molar refractivity (Wildman–Crippen MR) is 90.3 cm³/mol. The monoisotopic (exact) mass is 299 g/mol. The lowest BCUT2D eigenvalue weighted by atomic mass is 10.1. The second kappa shape index (κ2) is 8.57. The Kier molecular flexibility index (Phi) is 6.44. The molecule has 0 heterocycles. The van der Waals surface area contributed by atoms with Gasteiger partial charge in [0.2, 0.25) is 0 Å². The van der Waals surface area contributed by atoms with E-state index in [1.165, 1.54) is 11.1 Å². The number of aliphatic hydroxyl groups is 1. The van der Waals surface area contributed by atoms with E-state index >= 15 is 0 Å². The van der Waals surface area contributed by atoms with Crippen molar-refractivity contribution in [2.24, 2.45) is 0 Å². The van der Waals surface area contributed by atoms with E-state index in [-0.39, 0.29) is 6.10 Å². The van der Waals surface area contributed by atoms with E-state index in [0.29, 0.717) is 19.0 Å². The molecule has 2 aromatic rings. The van der Waals surface area contributed by atoms with Crippen LogP contribution in [0.4, 0.5) is 0 Å². The Bertz CT molecular complexity index is 539. The molecular weight excluding hydrogens is 274 g/mol. The van der Waals surface area contributed by atoms with Gasteiger partial charge in [0.25, 0.3) is 0 Å². The largest absolute Gasteiger partial charge is 0.497 e. The molecule has 2 aromatic carbocycles. The fourth-order valence-corrected chi connectivity index (χ4v) is 2.48. The van der Waals surface area contributed by atoms with Crippen molar-refractivity contribution in [1.82, 2.24) is 5.32 Å². The van der Waals surface area contributed by atoms with Gasteiger partial charge in [-0.05, 0) is 43.0 Å². The average molecular weight is 299 g/mol. The van der Waals surface area contributed by atoms with Gasteiger partial charge in [-0.2, -0.15) is 0 Å². The molecule has 2 rings (SSSR count). The number of methoxy groups -OCH3 is 1. The number of hydrogen-bond acceptors (Lipinski definition) is 3. The number of hydrogen-bond donors (Lipinski definition) is 2. The first-order valence-corrected chi connectivity index (χ1v) is 7.75. The minimum atomic E-state index is -0.360. The zero-order valence-corrected chi connectivity index (χ0v) is 13.3. The molecule has 0 saturated heterocycles. The molecule has 0 aromatic heterocycles. The maximum atomic E-state index is 10.1. The van der Waals surface area contributed by atoms with Gasteiger partial charge in [-0.25, -0.2) is 0 Å². The smallest absolute Gasteiger partial charge is 0.118 e. The predicted octanol–water partition coefficient (Wildman–Crippen LogP) is 2.82. The van der Waals surface area contributed by atoms with Crippen molar-refractivity contribution in [3.05, 3.63) is 65.7 Å². The van der Waals surface area contributed by atoms with Crippen molar-refractivity contribution >= 4 is 0 Å². The Morgan fingerprint density at radius 2 is 1.59 bits per heavy atom. The lowest BCUT2D eigenvalue weighted by Crippen LogP contribution is -2.35. The normalized spacial score (nSPS) is 13.6. The lowest BCUT2D eigenvalue weighted by molar-refractivity contribution is 0.168. The van der Waals surface area contributed by atoms with Crippen molar-refractivity contribution < 1.29 is 9.84 Å². The van der Waals surface area contributed by atoms with Gasteiger partial charge in [0.15, 0.2) is 0 Å². The van der Waals surface area contributed by atoms with Crippen LogP contribution in [-0.2, 0) is 12.8 Å². The third-order valence-corrected chi connectivity index (χ3v) is 3.72. The summed E-state index contributed by atoms with van der Waals surface area (Å²) < 4.78 is 5.16. The fourth-order valence-electron chi connectivity index (χ4n) is 2.48. The first-order chi connectivity index (χ1) is 10.7. The van der Waals surface area contributed by atoms with Crippen LogP contribution in [0, 0.1) is 0 Å². The van der Waals surface area contributed by atoms with Crippen molar-refractivity contribution in [2.75, 3.05) is 13.7 Å². The van der Waals surface area contributed by atoms with Gasteiger partial charge in [0.05, 0.1) is 13.2 Å². The summed E-state index contributed by atoms with van der Waals surface area (Å²) in [7, 11) is 1.67. The van der Waals surface area contributed by atoms with Crippen LogP contribution in [0.3, 0.4) is 0 Å². The third-order valence-electron chi connectivity index (χ3n) is 3.72. The number of benzene rings is 2. The van der Waals surface area contributed by atoms with Gasteiger partial charge >= 0.3 is 0 Å². The maximum Gasteiger partial charge on any atom is 0.118 e. The molecule has 0 amide bonds. The second-order valence-electron chi connectivity index (χ2n) is 5.71. The van der Waals surface area contributed by atoms with E-state index in [1.54, 1.807) is 7.11 Å². The van der Waals surface area contributed by atoms with Crippen LogP contribution in [-0.4, -0.2) is 30.9 Å². The van der Waals surface area contributed by atoms with Crippen molar-refractivity contribution in [1.29, 1.82) is 0 Å². The SMILES string of the molecule is COc1ccc(CC(C)NCC(O)Cc2ccccc2)cc1. The molecule has 0 aliphatic carbocycles. The summed E-state index contributed by atoms with van der Waals surface area (Å²) in [6, 6.07) is 18.5. The molecule has 0 bridgehead atoms. The van der Waals surface area contributed by atoms with Crippen LogP contribution in [0.1, 0.15) is 18.1 Å². The van der Waals surface area contributed by atoms with Gasteiger partial charge in [0, 0.05) is 12.6 Å². The fraction of sp³-hybridized carbons (Fsp3) is 0.368. The molecule has 2 N–H and O–H groups in total. The van der Waals surface area contributed by atoms with Crippen LogP contribution in [0.5, 0.6) is 5.75 Å². The minimum Gasteiger partial charge on any atom is -0.497 e. The van der Waals surface area contributed by atoms with Crippen LogP contribution in [0.25, 0.3) is 0 Å².